The molecule has 0 saturated heterocycles. The van der Waals surface area contributed by atoms with Crippen molar-refractivity contribution in [2.45, 2.75) is 32.5 Å². The summed E-state index contributed by atoms with van der Waals surface area (Å²) >= 11 is 0. The second-order valence-corrected chi connectivity index (χ2v) is 7.54. The average molecular weight is 435 g/mol. The third-order valence-electron chi connectivity index (χ3n) is 5.41. The Hall–Kier alpha value is -3.38. The van der Waals surface area contributed by atoms with Crippen LogP contribution in [0, 0.1) is 5.82 Å². The molecule has 5 nitrogen and oxygen atoms in total. The van der Waals surface area contributed by atoms with Gasteiger partial charge in [0.25, 0.3) is 0 Å². The molecule has 0 bridgehead atoms. The van der Waals surface area contributed by atoms with Crippen molar-refractivity contribution < 1.29 is 19.0 Å². The van der Waals surface area contributed by atoms with Gasteiger partial charge in [0.1, 0.15) is 17.7 Å². The van der Waals surface area contributed by atoms with Crippen LogP contribution in [0.5, 0.6) is 17.2 Å². The first-order valence-electron chi connectivity index (χ1n) is 10.8. The van der Waals surface area contributed by atoms with E-state index in [-0.39, 0.29) is 17.6 Å². The number of benzene rings is 3. The number of rotatable bonds is 7. The van der Waals surface area contributed by atoms with Crippen LogP contribution in [0.3, 0.4) is 0 Å². The van der Waals surface area contributed by atoms with Crippen LogP contribution in [-0.2, 0) is 0 Å². The van der Waals surface area contributed by atoms with E-state index in [0.717, 1.165) is 28.2 Å². The standard InChI is InChI=1S/C26H27FN2O3/c1-3-31-20-13-11-17(12-14-20)22-16-23(21-9-6-10-24(25(21)30)32-4-2)29-26(28-22)18-7-5-8-19(27)15-18/h5-15,23,26,29-30H,3-4,16H2,1-2H3. The van der Waals surface area contributed by atoms with Gasteiger partial charge in [-0.05, 0) is 67.4 Å². The highest BCUT2D eigenvalue weighted by molar-refractivity contribution is 6.01. The fourth-order valence-electron chi connectivity index (χ4n) is 3.93. The zero-order chi connectivity index (χ0) is 22.5. The lowest BCUT2D eigenvalue weighted by Crippen LogP contribution is -2.33. The molecule has 4 rings (SSSR count). The normalized spacial score (nSPS) is 18.2. The molecule has 1 aliphatic heterocycles. The van der Waals surface area contributed by atoms with Crippen LogP contribution in [0.1, 0.15) is 49.2 Å². The highest BCUT2D eigenvalue weighted by Gasteiger charge is 2.28. The Balaban J connectivity index is 1.72. The third-order valence-corrected chi connectivity index (χ3v) is 5.41. The smallest absolute Gasteiger partial charge is 0.162 e. The summed E-state index contributed by atoms with van der Waals surface area (Å²) in [7, 11) is 0. The minimum atomic E-state index is -0.457. The molecule has 2 N–H and O–H groups in total. The van der Waals surface area contributed by atoms with Gasteiger partial charge in [0.2, 0.25) is 0 Å². The zero-order valence-corrected chi connectivity index (χ0v) is 18.2. The second-order valence-electron chi connectivity index (χ2n) is 7.54. The summed E-state index contributed by atoms with van der Waals surface area (Å²) < 4.78 is 25.1. The van der Waals surface area contributed by atoms with Crippen molar-refractivity contribution in [3.05, 3.63) is 89.2 Å². The van der Waals surface area contributed by atoms with E-state index >= 15 is 0 Å². The maximum atomic E-state index is 13.9. The van der Waals surface area contributed by atoms with Gasteiger partial charge < -0.3 is 14.6 Å². The van der Waals surface area contributed by atoms with E-state index in [1.165, 1.54) is 12.1 Å². The van der Waals surface area contributed by atoms with Crippen LogP contribution >= 0.6 is 0 Å². The van der Waals surface area contributed by atoms with Crippen LogP contribution in [0.4, 0.5) is 4.39 Å². The van der Waals surface area contributed by atoms with E-state index < -0.39 is 6.17 Å². The van der Waals surface area contributed by atoms with Gasteiger partial charge in [-0.1, -0.05) is 24.3 Å². The van der Waals surface area contributed by atoms with Gasteiger partial charge in [0.05, 0.1) is 13.2 Å². The minimum Gasteiger partial charge on any atom is -0.504 e. The molecule has 2 atom stereocenters. The van der Waals surface area contributed by atoms with Crippen LogP contribution < -0.4 is 14.8 Å². The summed E-state index contributed by atoms with van der Waals surface area (Å²) in [5.41, 5.74) is 3.27. The number of phenols is 1. The lowest BCUT2D eigenvalue weighted by Gasteiger charge is -2.31. The van der Waals surface area contributed by atoms with Crippen LogP contribution in [-0.4, -0.2) is 24.0 Å². The molecule has 0 amide bonds. The van der Waals surface area contributed by atoms with Crippen molar-refractivity contribution in [2.24, 2.45) is 4.99 Å². The van der Waals surface area contributed by atoms with Crippen molar-refractivity contribution in [1.29, 1.82) is 0 Å². The van der Waals surface area contributed by atoms with Gasteiger partial charge in [-0.2, -0.15) is 0 Å². The summed E-state index contributed by atoms with van der Waals surface area (Å²) in [6.45, 7) is 4.88. The Morgan fingerprint density at radius 1 is 1.00 bits per heavy atom. The quantitative estimate of drug-likeness (QED) is 0.512. The highest BCUT2D eigenvalue weighted by atomic mass is 19.1. The number of aromatic hydroxyl groups is 1. The Labute approximate surface area is 187 Å². The van der Waals surface area contributed by atoms with Gasteiger partial charge in [-0.25, -0.2) is 4.39 Å². The molecule has 0 radical (unpaired) electrons. The predicted molar refractivity (Wildman–Crippen MR) is 123 cm³/mol. The number of nitrogens with zero attached hydrogens (tertiary/aromatic N) is 1. The van der Waals surface area contributed by atoms with E-state index in [1.807, 2.05) is 56.3 Å². The Kier molecular flexibility index (Phi) is 6.71. The fourth-order valence-corrected chi connectivity index (χ4v) is 3.93. The number of halogens is 1. The maximum Gasteiger partial charge on any atom is 0.162 e. The molecule has 1 aliphatic rings. The third kappa shape index (κ3) is 4.75. The molecule has 2 unspecified atom stereocenters. The Morgan fingerprint density at radius 2 is 1.75 bits per heavy atom. The first-order chi connectivity index (χ1) is 15.6. The molecule has 0 saturated carbocycles. The first kappa shape index (κ1) is 21.8. The Bertz CT molecular complexity index is 1100. The zero-order valence-electron chi connectivity index (χ0n) is 18.2. The predicted octanol–water partition coefficient (Wildman–Crippen LogP) is 5.55. The maximum absolute atomic E-state index is 13.9. The van der Waals surface area contributed by atoms with E-state index in [1.54, 1.807) is 12.1 Å². The van der Waals surface area contributed by atoms with E-state index in [4.69, 9.17) is 14.5 Å². The Morgan fingerprint density at radius 3 is 2.47 bits per heavy atom. The summed E-state index contributed by atoms with van der Waals surface area (Å²) in [6.07, 6.45) is 0.101. The first-order valence-corrected chi connectivity index (χ1v) is 10.8. The van der Waals surface area contributed by atoms with Crippen LogP contribution in [0.25, 0.3) is 0 Å². The van der Waals surface area contributed by atoms with Crippen molar-refractivity contribution in [1.82, 2.24) is 5.32 Å². The average Bonchev–Trinajstić information content (AvgIpc) is 2.81. The molecule has 32 heavy (non-hydrogen) atoms. The number of hydrogen-bond donors (Lipinski definition) is 2. The monoisotopic (exact) mass is 434 g/mol. The fraction of sp³-hybridized carbons (Fsp3) is 0.269. The molecule has 0 fully saturated rings. The van der Waals surface area contributed by atoms with E-state index in [0.29, 0.717) is 25.4 Å². The largest absolute Gasteiger partial charge is 0.504 e. The summed E-state index contributed by atoms with van der Waals surface area (Å²) in [5, 5.41) is 14.3. The van der Waals surface area contributed by atoms with Crippen molar-refractivity contribution in [2.75, 3.05) is 13.2 Å². The lowest BCUT2D eigenvalue weighted by atomic mass is 9.93. The van der Waals surface area contributed by atoms with Gasteiger partial charge in [-0.15, -0.1) is 0 Å². The summed E-state index contributed by atoms with van der Waals surface area (Å²) in [5.74, 6) is 1.04. The molecule has 6 heteroatoms. The highest BCUT2D eigenvalue weighted by Crippen LogP contribution is 2.39. The lowest BCUT2D eigenvalue weighted by molar-refractivity contribution is 0.313. The molecular weight excluding hydrogens is 407 g/mol. The van der Waals surface area contributed by atoms with Gasteiger partial charge in [-0.3, -0.25) is 10.3 Å². The van der Waals surface area contributed by atoms with Crippen molar-refractivity contribution >= 4 is 5.71 Å². The van der Waals surface area contributed by atoms with Gasteiger partial charge in [0.15, 0.2) is 11.5 Å². The summed E-state index contributed by atoms with van der Waals surface area (Å²) in [4.78, 5) is 4.89. The van der Waals surface area contributed by atoms with E-state index in [9.17, 15) is 9.50 Å². The number of aliphatic imine (C=N–C) groups is 1. The molecule has 0 aromatic heterocycles. The number of hydrogen-bond acceptors (Lipinski definition) is 5. The van der Waals surface area contributed by atoms with Gasteiger partial charge >= 0.3 is 0 Å². The van der Waals surface area contributed by atoms with Crippen molar-refractivity contribution in [3.63, 3.8) is 0 Å². The van der Waals surface area contributed by atoms with Crippen LogP contribution in [0.15, 0.2) is 71.7 Å². The molecule has 166 valence electrons. The molecule has 1 heterocycles. The topological polar surface area (TPSA) is 63.1 Å². The minimum absolute atomic E-state index is 0.109. The number of ether oxygens (including phenoxy) is 2. The van der Waals surface area contributed by atoms with Crippen molar-refractivity contribution in [3.8, 4) is 17.2 Å². The molecule has 3 aromatic rings. The second kappa shape index (κ2) is 9.83. The molecule has 0 spiro atoms. The number of para-hydroxylation sites is 1. The molecular formula is C26H27FN2O3. The van der Waals surface area contributed by atoms with Crippen LogP contribution in [0.2, 0.25) is 0 Å². The van der Waals surface area contributed by atoms with Gasteiger partial charge in [0, 0.05) is 23.7 Å². The summed E-state index contributed by atoms with van der Waals surface area (Å²) in [6, 6.07) is 19.5. The van der Waals surface area contributed by atoms with E-state index in [2.05, 4.69) is 5.32 Å². The molecule has 0 aliphatic carbocycles. The number of nitrogens with one attached hydrogen (secondary N) is 1. The number of phenolic OH excluding ortho intramolecular Hbond substituents is 1. The molecule has 3 aromatic carbocycles. The SMILES string of the molecule is CCOc1ccc(C2=NC(c3cccc(F)c3)NC(c3cccc(OCC)c3O)C2)cc1.